The third kappa shape index (κ3) is 8.17. The minimum atomic E-state index is -1.04. The number of rotatable bonds is 2. The molecule has 36 heavy (non-hydrogen) atoms. The van der Waals surface area contributed by atoms with Gasteiger partial charge in [-0.1, -0.05) is 31.8 Å². The Morgan fingerprint density at radius 1 is 0.778 bits per heavy atom. The second-order valence-electron chi connectivity index (χ2n) is 8.59. The summed E-state index contributed by atoms with van der Waals surface area (Å²) in [6.07, 6.45) is 12.2. The van der Waals surface area contributed by atoms with E-state index in [4.69, 9.17) is 10.2 Å². The predicted octanol–water partition coefficient (Wildman–Crippen LogP) is 7.69. The molecule has 190 valence electrons. The van der Waals surface area contributed by atoms with E-state index in [0.717, 1.165) is 30.2 Å². The molecule has 0 spiro atoms. The van der Waals surface area contributed by atoms with Gasteiger partial charge >= 0.3 is 33.7 Å². The van der Waals surface area contributed by atoms with Crippen molar-refractivity contribution in [3.8, 4) is 0 Å². The van der Waals surface area contributed by atoms with Gasteiger partial charge in [0.05, 0.1) is 11.1 Å². The molecule has 0 heterocycles. The quantitative estimate of drug-likeness (QED) is 0.309. The number of carboxylic acids is 2. The van der Waals surface area contributed by atoms with Crippen molar-refractivity contribution < 1.29 is 50.3 Å². The van der Waals surface area contributed by atoms with Crippen molar-refractivity contribution in [1.29, 1.82) is 0 Å². The Bertz CT molecular complexity index is 1000. The van der Waals surface area contributed by atoms with Crippen LogP contribution in [-0.2, 0) is 21.7 Å². The number of allylic oxidation sites excluding steroid dienone is 4. The fraction of sp³-hybridized carbons (Fsp3) is 0.310. The molecule has 7 heteroatoms. The van der Waals surface area contributed by atoms with Gasteiger partial charge in [0.25, 0.3) is 0 Å². The molecule has 0 saturated carbocycles. The number of benzene rings is 2. The molecule has 0 aliphatic heterocycles. The van der Waals surface area contributed by atoms with Crippen LogP contribution in [0.5, 0.6) is 0 Å². The first-order chi connectivity index (χ1) is 16.3. The summed E-state index contributed by atoms with van der Waals surface area (Å²) in [5.74, 6) is -2.16. The Labute approximate surface area is 227 Å². The molecule has 2 aromatic carbocycles. The SMILES string of the molecule is CC1C2=C(CCC[CH-]2)C2=C1CCCC2.O=C(O)c1ccc(F)cc1.O=C(O)c1ccc(F)cc1.[CH3-].[Ti+2]. The van der Waals surface area contributed by atoms with Gasteiger partial charge in [-0.2, -0.15) is 5.57 Å². The zero-order valence-corrected chi connectivity index (χ0v) is 22.3. The third-order valence-corrected chi connectivity index (χ3v) is 6.39. The number of carbonyl (C=O) groups is 2. The number of halogens is 2. The average molecular weight is 530 g/mol. The Balaban J connectivity index is 0.000000269. The van der Waals surface area contributed by atoms with Crippen LogP contribution in [-0.4, -0.2) is 22.2 Å². The van der Waals surface area contributed by atoms with Crippen molar-refractivity contribution in [1.82, 2.24) is 0 Å². The van der Waals surface area contributed by atoms with Gasteiger partial charge in [0.15, 0.2) is 0 Å². The number of hydrogen-bond donors (Lipinski definition) is 2. The van der Waals surface area contributed by atoms with Crippen molar-refractivity contribution in [3.63, 3.8) is 0 Å². The van der Waals surface area contributed by atoms with E-state index in [1.165, 1.54) is 69.2 Å². The first-order valence-electron chi connectivity index (χ1n) is 11.5. The fourth-order valence-electron chi connectivity index (χ4n) is 4.69. The predicted molar refractivity (Wildman–Crippen MR) is 133 cm³/mol. The van der Waals surface area contributed by atoms with Crippen LogP contribution in [0.3, 0.4) is 0 Å². The van der Waals surface area contributed by atoms with Gasteiger partial charge in [-0.05, 0) is 73.7 Å². The first kappa shape index (κ1) is 31.3. The van der Waals surface area contributed by atoms with Crippen molar-refractivity contribution in [3.05, 3.63) is 107 Å². The largest absolute Gasteiger partial charge is 2.00 e. The van der Waals surface area contributed by atoms with Crippen LogP contribution in [0.4, 0.5) is 8.78 Å². The standard InChI is InChI=1S/C14H19.2C7H5FO2.CH3.Ti/c1-10-11-6-2-4-8-13(11)14-9-5-3-7-12(10)14;2*8-6-3-1-5(2-4-6)7(9)10;;/h6,10H,2-5,7-9H2,1H3;2*1-4H,(H,9,10);1H3;/q-1;;;-1;+2. The van der Waals surface area contributed by atoms with E-state index in [0.29, 0.717) is 0 Å². The van der Waals surface area contributed by atoms with Gasteiger partial charge in [-0.15, -0.1) is 12.0 Å². The molecule has 0 amide bonds. The van der Waals surface area contributed by atoms with E-state index in [1.54, 1.807) is 22.3 Å². The second-order valence-corrected chi connectivity index (χ2v) is 8.59. The summed E-state index contributed by atoms with van der Waals surface area (Å²) in [4.78, 5) is 20.4. The first-order valence-corrected chi connectivity index (χ1v) is 11.5. The van der Waals surface area contributed by atoms with E-state index >= 15 is 0 Å². The van der Waals surface area contributed by atoms with Crippen molar-refractivity contribution >= 4 is 11.9 Å². The minimum absolute atomic E-state index is 0. The molecule has 0 radical (unpaired) electrons. The van der Waals surface area contributed by atoms with E-state index in [9.17, 15) is 18.4 Å². The summed E-state index contributed by atoms with van der Waals surface area (Å²) < 4.78 is 24.3. The van der Waals surface area contributed by atoms with Crippen LogP contribution >= 0.6 is 0 Å². The Morgan fingerprint density at radius 3 is 1.69 bits per heavy atom. The van der Waals surface area contributed by atoms with Gasteiger partial charge in [-0.25, -0.2) is 30.4 Å². The monoisotopic (exact) mass is 530 g/mol. The molecule has 0 bridgehead atoms. The van der Waals surface area contributed by atoms with E-state index in [2.05, 4.69) is 13.3 Å². The molecule has 3 aliphatic carbocycles. The van der Waals surface area contributed by atoms with Crippen molar-refractivity contribution in [2.75, 3.05) is 0 Å². The number of aromatic carboxylic acids is 2. The summed E-state index contributed by atoms with van der Waals surface area (Å²) in [6, 6.07) is 9.34. The van der Waals surface area contributed by atoms with Gasteiger partial charge in [-0.3, -0.25) is 0 Å². The van der Waals surface area contributed by atoms with Crippen LogP contribution in [0.25, 0.3) is 0 Å². The topological polar surface area (TPSA) is 74.6 Å². The number of fused-ring (bicyclic) bond motifs is 1. The van der Waals surface area contributed by atoms with Gasteiger partial charge in [0.1, 0.15) is 11.6 Å². The van der Waals surface area contributed by atoms with Gasteiger partial charge in [0, 0.05) is 0 Å². The van der Waals surface area contributed by atoms with Gasteiger partial charge in [0.2, 0.25) is 0 Å². The van der Waals surface area contributed by atoms with E-state index in [-0.39, 0.29) is 40.3 Å². The Hall–Kier alpha value is -2.70. The number of carboxylic acid groups (broad SMARTS) is 2. The van der Waals surface area contributed by atoms with Gasteiger partial charge < -0.3 is 17.6 Å². The zero-order chi connectivity index (χ0) is 24.7. The summed E-state index contributed by atoms with van der Waals surface area (Å²) >= 11 is 0. The molecule has 5 rings (SSSR count). The molecule has 0 saturated heterocycles. The molecule has 2 N–H and O–H groups in total. The Morgan fingerprint density at radius 2 is 1.22 bits per heavy atom. The number of hydrogen-bond acceptors (Lipinski definition) is 2. The Kier molecular flexibility index (Phi) is 12.9. The average Bonchev–Trinajstić information content (AvgIpc) is 3.13. The fourth-order valence-corrected chi connectivity index (χ4v) is 4.69. The summed E-state index contributed by atoms with van der Waals surface area (Å²) in [6.45, 7) is 2.42. The minimum Gasteiger partial charge on any atom is -0.478 e. The molecule has 3 aliphatic rings. The van der Waals surface area contributed by atoms with E-state index in [1.807, 2.05) is 0 Å². The molecular weight excluding hydrogens is 498 g/mol. The molecule has 0 aromatic heterocycles. The smallest absolute Gasteiger partial charge is 0.478 e. The molecule has 1 unspecified atom stereocenters. The molecule has 2 aromatic rings. The molecule has 4 nitrogen and oxygen atoms in total. The third-order valence-electron chi connectivity index (χ3n) is 6.39. The summed E-state index contributed by atoms with van der Waals surface area (Å²) in [5, 5.41) is 16.7. The summed E-state index contributed by atoms with van der Waals surface area (Å²) in [7, 11) is 0. The summed E-state index contributed by atoms with van der Waals surface area (Å²) in [5.41, 5.74) is 7.26. The zero-order valence-electron chi connectivity index (χ0n) is 20.7. The van der Waals surface area contributed by atoms with Crippen LogP contribution in [0.2, 0.25) is 0 Å². The van der Waals surface area contributed by atoms with E-state index < -0.39 is 23.6 Å². The second kappa shape index (κ2) is 14.8. The maximum Gasteiger partial charge on any atom is 2.00 e. The maximum atomic E-state index is 12.2. The van der Waals surface area contributed by atoms with Crippen LogP contribution in [0.15, 0.2) is 70.8 Å². The maximum absolute atomic E-state index is 12.2. The van der Waals surface area contributed by atoms with Crippen LogP contribution < -0.4 is 0 Å². The molecule has 1 atom stereocenters. The molecule has 0 fully saturated rings. The van der Waals surface area contributed by atoms with Crippen molar-refractivity contribution in [2.24, 2.45) is 5.92 Å². The normalized spacial score (nSPS) is 17.4. The van der Waals surface area contributed by atoms with Crippen LogP contribution in [0.1, 0.15) is 72.6 Å². The van der Waals surface area contributed by atoms with Crippen LogP contribution in [0, 0.1) is 31.4 Å². The molecular formula is C29H32F2O4Ti. The van der Waals surface area contributed by atoms with Crippen molar-refractivity contribution in [2.45, 2.75) is 51.9 Å².